The quantitative estimate of drug-likeness (QED) is 0.796. The number of sulfone groups is 1. The second kappa shape index (κ2) is 4.10. The summed E-state index contributed by atoms with van der Waals surface area (Å²) in [6, 6.07) is 14.9. The van der Waals surface area contributed by atoms with Crippen LogP contribution in [0, 0.1) is 6.92 Å². The van der Waals surface area contributed by atoms with E-state index in [0.717, 1.165) is 5.56 Å². The van der Waals surface area contributed by atoms with Gasteiger partial charge in [0.25, 0.3) is 0 Å². The molecule has 3 heteroatoms. The van der Waals surface area contributed by atoms with E-state index in [9.17, 15) is 8.42 Å². The van der Waals surface area contributed by atoms with E-state index in [1.54, 1.807) is 54.6 Å². The molecule has 16 heavy (non-hydrogen) atoms. The van der Waals surface area contributed by atoms with Crippen LogP contribution in [0.4, 0.5) is 0 Å². The molecule has 0 amide bonds. The fraction of sp³-hybridized carbons (Fsp3) is 0. The molecule has 2 nitrogen and oxygen atoms in total. The van der Waals surface area contributed by atoms with Gasteiger partial charge in [0.15, 0.2) is 0 Å². The van der Waals surface area contributed by atoms with Gasteiger partial charge in [0, 0.05) is 0 Å². The smallest absolute Gasteiger partial charge is 0.206 e. The Kier molecular flexibility index (Phi) is 2.79. The lowest BCUT2D eigenvalue weighted by atomic mass is 10.2. The van der Waals surface area contributed by atoms with Crippen molar-refractivity contribution in [2.75, 3.05) is 0 Å². The van der Waals surface area contributed by atoms with Crippen LogP contribution in [-0.4, -0.2) is 8.42 Å². The van der Waals surface area contributed by atoms with Crippen molar-refractivity contribution in [1.29, 1.82) is 0 Å². The Bertz CT molecular complexity index is 569. The monoisotopic (exact) mass is 231 g/mol. The summed E-state index contributed by atoms with van der Waals surface area (Å²) in [7, 11) is -3.38. The van der Waals surface area contributed by atoms with Gasteiger partial charge in [-0.25, -0.2) is 8.42 Å². The molecule has 0 atom stereocenters. The zero-order valence-electron chi connectivity index (χ0n) is 8.63. The minimum absolute atomic E-state index is 0.297. The molecule has 2 aromatic rings. The maximum atomic E-state index is 12.1. The molecule has 0 spiro atoms. The van der Waals surface area contributed by atoms with Gasteiger partial charge in [-0.1, -0.05) is 30.3 Å². The van der Waals surface area contributed by atoms with Gasteiger partial charge >= 0.3 is 0 Å². The molecule has 0 saturated carbocycles. The van der Waals surface area contributed by atoms with Gasteiger partial charge < -0.3 is 0 Å². The number of hydrogen-bond acceptors (Lipinski definition) is 2. The van der Waals surface area contributed by atoms with Crippen LogP contribution in [0.5, 0.6) is 0 Å². The average Bonchev–Trinajstić information content (AvgIpc) is 2.31. The Labute approximate surface area is 95.5 Å². The van der Waals surface area contributed by atoms with Gasteiger partial charge in [0.2, 0.25) is 9.84 Å². The van der Waals surface area contributed by atoms with E-state index in [4.69, 9.17) is 0 Å². The lowest BCUT2D eigenvalue weighted by Crippen LogP contribution is -2.01. The second-order valence-corrected chi connectivity index (χ2v) is 5.41. The molecular formula is C13H11O2S. The summed E-state index contributed by atoms with van der Waals surface area (Å²) < 4.78 is 24.2. The van der Waals surface area contributed by atoms with E-state index < -0.39 is 9.84 Å². The molecule has 81 valence electrons. The minimum Gasteiger partial charge on any atom is -0.219 e. The zero-order valence-corrected chi connectivity index (χ0v) is 9.44. The van der Waals surface area contributed by atoms with Crippen molar-refractivity contribution in [2.24, 2.45) is 0 Å². The van der Waals surface area contributed by atoms with Crippen LogP contribution in [0.2, 0.25) is 0 Å². The van der Waals surface area contributed by atoms with Gasteiger partial charge in [0.1, 0.15) is 0 Å². The second-order valence-electron chi connectivity index (χ2n) is 3.46. The first-order chi connectivity index (χ1) is 7.60. The van der Waals surface area contributed by atoms with E-state index >= 15 is 0 Å². The molecule has 0 unspecified atom stereocenters. The predicted octanol–water partition coefficient (Wildman–Crippen LogP) is 2.70. The molecular weight excluding hydrogens is 220 g/mol. The lowest BCUT2D eigenvalue weighted by Gasteiger charge is -2.04. The fourth-order valence-corrected chi connectivity index (χ4v) is 2.69. The van der Waals surface area contributed by atoms with E-state index in [2.05, 4.69) is 6.92 Å². The van der Waals surface area contributed by atoms with Gasteiger partial charge in [0.05, 0.1) is 9.79 Å². The van der Waals surface area contributed by atoms with Crippen LogP contribution in [-0.2, 0) is 9.84 Å². The highest BCUT2D eigenvalue weighted by molar-refractivity contribution is 7.91. The van der Waals surface area contributed by atoms with Gasteiger partial charge in [-0.3, -0.25) is 0 Å². The summed E-state index contributed by atoms with van der Waals surface area (Å²) >= 11 is 0. The molecule has 0 N–H and O–H groups in total. The van der Waals surface area contributed by atoms with Crippen molar-refractivity contribution in [3.05, 3.63) is 67.1 Å². The molecule has 0 bridgehead atoms. The van der Waals surface area contributed by atoms with Gasteiger partial charge in [-0.2, -0.15) is 0 Å². The van der Waals surface area contributed by atoms with Gasteiger partial charge in [-0.15, -0.1) is 0 Å². The standard InChI is InChI=1S/C13H11O2S/c1-11-7-9-13(10-8-11)16(14,15)12-5-3-2-4-6-12/h2-10H,1H2. The SMILES string of the molecule is [CH2]c1ccc(S(=O)(=O)c2ccccc2)cc1. The summed E-state index contributed by atoms with van der Waals surface area (Å²) in [6.45, 7) is 3.72. The molecule has 0 heterocycles. The Balaban J connectivity index is 2.52. The van der Waals surface area contributed by atoms with Crippen LogP contribution >= 0.6 is 0 Å². The third kappa shape index (κ3) is 1.99. The number of rotatable bonds is 2. The topological polar surface area (TPSA) is 34.1 Å². The molecule has 1 radical (unpaired) electrons. The van der Waals surface area contributed by atoms with Crippen LogP contribution in [0.25, 0.3) is 0 Å². The molecule has 0 aliphatic rings. The summed E-state index contributed by atoms with van der Waals surface area (Å²) in [5.41, 5.74) is 0.798. The Morgan fingerprint density at radius 1 is 0.750 bits per heavy atom. The molecule has 0 aliphatic carbocycles. The molecule has 0 aromatic heterocycles. The summed E-state index contributed by atoms with van der Waals surface area (Å²) in [5, 5.41) is 0. The summed E-state index contributed by atoms with van der Waals surface area (Å²) in [6.07, 6.45) is 0. The molecule has 0 saturated heterocycles. The van der Waals surface area contributed by atoms with Crippen molar-refractivity contribution < 1.29 is 8.42 Å². The van der Waals surface area contributed by atoms with Crippen molar-refractivity contribution in [3.8, 4) is 0 Å². The maximum Gasteiger partial charge on any atom is 0.206 e. The lowest BCUT2D eigenvalue weighted by molar-refractivity contribution is 0.596. The third-order valence-electron chi connectivity index (χ3n) is 2.29. The van der Waals surface area contributed by atoms with E-state index in [1.165, 1.54) is 0 Å². The number of benzene rings is 2. The highest BCUT2D eigenvalue weighted by Gasteiger charge is 2.16. The summed E-state index contributed by atoms with van der Waals surface area (Å²) in [4.78, 5) is 0.609. The van der Waals surface area contributed by atoms with Crippen molar-refractivity contribution >= 4 is 9.84 Å². The van der Waals surface area contributed by atoms with Crippen LogP contribution in [0.3, 0.4) is 0 Å². The third-order valence-corrected chi connectivity index (χ3v) is 4.07. The van der Waals surface area contributed by atoms with Crippen LogP contribution < -0.4 is 0 Å². The largest absolute Gasteiger partial charge is 0.219 e. The first-order valence-corrected chi connectivity index (χ1v) is 6.31. The molecule has 2 rings (SSSR count). The Hall–Kier alpha value is -1.61. The average molecular weight is 231 g/mol. The van der Waals surface area contributed by atoms with E-state index in [1.807, 2.05) is 0 Å². The predicted molar refractivity (Wildman–Crippen MR) is 62.8 cm³/mol. The maximum absolute atomic E-state index is 12.1. The molecule has 0 fully saturated rings. The van der Waals surface area contributed by atoms with Crippen LogP contribution in [0.1, 0.15) is 5.56 Å². The van der Waals surface area contributed by atoms with Crippen molar-refractivity contribution in [1.82, 2.24) is 0 Å². The zero-order chi connectivity index (χ0) is 11.6. The molecule has 0 aliphatic heterocycles. The highest BCUT2D eigenvalue weighted by atomic mass is 32.2. The Morgan fingerprint density at radius 2 is 1.25 bits per heavy atom. The highest BCUT2D eigenvalue weighted by Crippen LogP contribution is 2.20. The first-order valence-electron chi connectivity index (χ1n) is 4.83. The molecule has 2 aromatic carbocycles. The van der Waals surface area contributed by atoms with Gasteiger partial charge in [-0.05, 0) is 36.8 Å². The fourth-order valence-electron chi connectivity index (χ4n) is 1.40. The van der Waals surface area contributed by atoms with Crippen molar-refractivity contribution in [3.63, 3.8) is 0 Å². The normalized spacial score (nSPS) is 11.3. The first kappa shape index (κ1) is 10.9. The summed E-state index contributed by atoms with van der Waals surface area (Å²) in [5.74, 6) is 0. The Morgan fingerprint density at radius 3 is 1.81 bits per heavy atom. The minimum atomic E-state index is -3.38. The number of hydrogen-bond donors (Lipinski definition) is 0. The van der Waals surface area contributed by atoms with E-state index in [-0.39, 0.29) is 0 Å². The van der Waals surface area contributed by atoms with Crippen LogP contribution in [0.15, 0.2) is 64.4 Å². The van der Waals surface area contributed by atoms with E-state index in [0.29, 0.717) is 9.79 Å². The van der Waals surface area contributed by atoms with Crippen molar-refractivity contribution in [2.45, 2.75) is 9.79 Å².